The number of hydrogen-bond donors (Lipinski definition) is 1. The molecule has 3 aromatic rings. The average Bonchev–Trinajstić information content (AvgIpc) is 3.12. The molecule has 0 unspecified atom stereocenters. The van der Waals surface area contributed by atoms with E-state index in [-0.39, 0.29) is 24.9 Å². The Morgan fingerprint density at radius 1 is 1.44 bits per heavy atom. The van der Waals surface area contributed by atoms with E-state index in [1.165, 1.54) is 23.1 Å². The fraction of sp³-hybridized carbons (Fsp3) is 0.200. The summed E-state index contributed by atoms with van der Waals surface area (Å²) in [7, 11) is 0. The highest BCUT2D eigenvalue weighted by atomic mass is 79.9. The van der Waals surface area contributed by atoms with Gasteiger partial charge in [-0.2, -0.15) is 5.10 Å². The van der Waals surface area contributed by atoms with Gasteiger partial charge in [-0.3, -0.25) is 14.8 Å². The minimum absolute atomic E-state index is 0.0329. The van der Waals surface area contributed by atoms with Crippen molar-refractivity contribution in [2.24, 2.45) is 0 Å². The van der Waals surface area contributed by atoms with Crippen LogP contribution in [-0.4, -0.2) is 30.5 Å². The van der Waals surface area contributed by atoms with Crippen molar-refractivity contribution in [1.82, 2.24) is 24.5 Å². The maximum Gasteiger partial charge on any atom is 0.248 e. The zero-order valence-corrected chi connectivity index (χ0v) is 15.4. The predicted molar refractivity (Wildman–Crippen MR) is 93.8 cm³/mol. The summed E-state index contributed by atoms with van der Waals surface area (Å²) in [6.07, 6.45) is 3.02. The zero-order valence-electron chi connectivity index (χ0n) is 13.1. The number of nitrogens with one attached hydrogen (secondary N) is 1. The number of benzene rings is 1. The SMILES string of the molecule is Cc1c(Br)cnn1CC(=O)Nc1ncn(Cc2c(F)cccc2Cl)n1. The molecule has 1 amide bonds. The fourth-order valence-electron chi connectivity index (χ4n) is 2.16. The average molecular weight is 428 g/mol. The molecule has 0 saturated carbocycles. The van der Waals surface area contributed by atoms with Gasteiger partial charge >= 0.3 is 0 Å². The van der Waals surface area contributed by atoms with Crippen LogP contribution in [0.25, 0.3) is 0 Å². The molecule has 0 bridgehead atoms. The van der Waals surface area contributed by atoms with Gasteiger partial charge in [-0.15, -0.1) is 5.10 Å². The van der Waals surface area contributed by atoms with Gasteiger partial charge in [-0.25, -0.2) is 14.1 Å². The normalized spacial score (nSPS) is 10.9. The van der Waals surface area contributed by atoms with Crippen molar-refractivity contribution in [3.8, 4) is 0 Å². The number of carbonyl (C=O) groups is 1. The molecule has 1 aromatic carbocycles. The van der Waals surface area contributed by atoms with E-state index in [9.17, 15) is 9.18 Å². The van der Waals surface area contributed by atoms with Gasteiger partial charge in [-0.05, 0) is 35.0 Å². The van der Waals surface area contributed by atoms with Crippen LogP contribution in [-0.2, 0) is 17.9 Å². The molecule has 2 heterocycles. The molecule has 2 aromatic heterocycles. The lowest BCUT2D eigenvalue weighted by Gasteiger charge is -2.05. The first kappa shape index (κ1) is 17.6. The molecule has 0 fully saturated rings. The first-order valence-corrected chi connectivity index (χ1v) is 8.41. The molecule has 25 heavy (non-hydrogen) atoms. The summed E-state index contributed by atoms with van der Waals surface area (Å²) in [5.41, 5.74) is 1.15. The van der Waals surface area contributed by atoms with E-state index in [4.69, 9.17) is 11.6 Å². The van der Waals surface area contributed by atoms with Crippen LogP contribution in [0.4, 0.5) is 10.3 Å². The van der Waals surface area contributed by atoms with E-state index in [0.717, 1.165) is 10.2 Å². The third-order valence-corrected chi connectivity index (χ3v) is 4.64. The van der Waals surface area contributed by atoms with Gasteiger partial charge in [0, 0.05) is 10.6 Å². The molecule has 1 N–H and O–H groups in total. The molecule has 0 radical (unpaired) electrons. The van der Waals surface area contributed by atoms with Crippen molar-refractivity contribution in [1.29, 1.82) is 0 Å². The summed E-state index contributed by atoms with van der Waals surface area (Å²) in [6, 6.07) is 4.46. The van der Waals surface area contributed by atoms with Crippen LogP contribution in [0.3, 0.4) is 0 Å². The summed E-state index contributed by atoms with van der Waals surface area (Å²) < 4.78 is 17.6. The van der Waals surface area contributed by atoms with Gasteiger partial charge in [0.05, 0.1) is 22.9 Å². The van der Waals surface area contributed by atoms with Crippen LogP contribution in [0.15, 0.2) is 35.2 Å². The van der Waals surface area contributed by atoms with E-state index in [2.05, 4.69) is 36.4 Å². The molecule has 10 heteroatoms. The van der Waals surface area contributed by atoms with Crippen molar-refractivity contribution in [3.63, 3.8) is 0 Å². The van der Waals surface area contributed by atoms with Crippen molar-refractivity contribution in [2.45, 2.75) is 20.0 Å². The summed E-state index contributed by atoms with van der Waals surface area (Å²) >= 11 is 9.33. The molecular formula is C15H13BrClFN6O. The maximum absolute atomic E-state index is 13.8. The van der Waals surface area contributed by atoms with Gasteiger partial charge in [0.25, 0.3) is 0 Å². The molecule has 3 rings (SSSR count). The van der Waals surface area contributed by atoms with E-state index in [1.54, 1.807) is 16.9 Å². The number of rotatable bonds is 5. The number of nitrogens with zero attached hydrogens (tertiary/aromatic N) is 5. The van der Waals surface area contributed by atoms with E-state index in [1.807, 2.05) is 6.92 Å². The second kappa shape index (κ2) is 7.32. The Hall–Kier alpha value is -2.26. The number of amides is 1. The third kappa shape index (κ3) is 4.05. The van der Waals surface area contributed by atoms with Crippen molar-refractivity contribution >= 4 is 39.4 Å². The van der Waals surface area contributed by atoms with Gasteiger partial charge in [0.15, 0.2) is 0 Å². The van der Waals surface area contributed by atoms with Crippen LogP contribution < -0.4 is 5.32 Å². The summed E-state index contributed by atoms with van der Waals surface area (Å²) in [4.78, 5) is 16.1. The highest BCUT2D eigenvalue weighted by Gasteiger charge is 2.12. The van der Waals surface area contributed by atoms with Gasteiger partial charge in [-0.1, -0.05) is 17.7 Å². The quantitative estimate of drug-likeness (QED) is 0.679. The first-order valence-electron chi connectivity index (χ1n) is 7.24. The molecule has 0 atom stereocenters. The number of carbonyl (C=O) groups excluding carboxylic acids is 1. The van der Waals surface area contributed by atoms with Crippen LogP contribution in [0.5, 0.6) is 0 Å². The van der Waals surface area contributed by atoms with Crippen LogP contribution in [0.1, 0.15) is 11.3 Å². The molecule has 0 aliphatic heterocycles. The second-order valence-corrected chi connectivity index (χ2v) is 6.51. The second-order valence-electron chi connectivity index (χ2n) is 5.25. The van der Waals surface area contributed by atoms with Crippen LogP contribution in [0.2, 0.25) is 5.02 Å². The molecular weight excluding hydrogens is 415 g/mol. The van der Waals surface area contributed by atoms with Crippen molar-refractivity contribution in [3.05, 3.63) is 57.3 Å². The first-order chi connectivity index (χ1) is 11.9. The Labute approximate surface area is 155 Å². The van der Waals surface area contributed by atoms with Gasteiger partial charge in [0.1, 0.15) is 18.7 Å². The number of halogens is 3. The van der Waals surface area contributed by atoms with E-state index >= 15 is 0 Å². The lowest BCUT2D eigenvalue weighted by atomic mass is 10.2. The highest BCUT2D eigenvalue weighted by molar-refractivity contribution is 9.10. The largest absolute Gasteiger partial charge is 0.292 e. The van der Waals surface area contributed by atoms with Crippen LogP contribution >= 0.6 is 27.5 Å². The topological polar surface area (TPSA) is 77.6 Å². The number of anilines is 1. The lowest BCUT2D eigenvalue weighted by Crippen LogP contribution is -2.21. The van der Waals surface area contributed by atoms with Crippen molar-refractivity contribution < 1.29 is 9.18 Å². The fourth-order valence-corrected chi connectivity index (χ4v) is 2.68. The Morgan fingerprint density at radius 3 is 2.92 bits per heavy atom. The van der Waals surface area contributed by atoms with Crippen LogP contribution in [0, 0.1) is 12.7 Å². The smallest absolute Gasteiger partial charge is 0.248 e. The van der Waals surface area contributed by atoms with Gasteiger partial charge in [0.2, 0.25) is 11.9 Å². The number of aromatic nitrogens is 5. The molecule has 0 saturated heterocycles. The Kier molecular flexibility index (Phi) is 5.14. The van der Waals surface area contributed by atoms with E-state index < -0.39 is 5.82 Å². The van der Waals surface area contributed by atoms with E-state index in [0.29, 0.717) is 10.6 Å². The molecule has 130 valence electrons. The Balaban J connectivity index is 1.65. The molecule has 0 aliphatic carbocycles. The summed E-state index contributed by atoms with van der Waals surface area (Å²) in [5, 5.41) is 11.1. The minimum Gasteiger partial charge on any atom is -0.292 e. The lowest BCUT2D eigenvalue weighted by molar-refractivity contribution is -0.117. The number of hydrogen-bond acceptors (Lipinski definition) is 4. The monoisotopic (exact) mass is 426 g/mol. The third-order valence-electron chi connectivity index (χ3n) is 3.51. The summed E-state index contributed by atoms with van der Waals surface area (Å²) in [5.74, 6) is -0.616. The highest BCUT2D eigenvalue weighted by Crippen LogP contribution is 2.20. The zero-order chi connectivity index (χ0) is 18.0. The maximum atomic E-state index is 13.8. The predicted octanol–water partition coefficient (Wildman–Crippen LogP) is 3.03. The van der Waals surface area contributed by atoms with Gasteiger partial charge < -0.3 is 0 Å². The standard InChI is InChI=1S/C15H13BrClFN6O/c1-9-11(16)5-20-24(9)7-14(25)21-15-19-8-23(22-15)6-10-12(17)3-2-4-13(10)18/h2-5,8H,6-7H2,1H3,(H,21,22,25). The molecule has 7 nitrogen and oxygen atoms in total. The van der Waals surface area contributed by atoms with Crippen molar-refractivity contribution in [2.75, 3.05) is 5.32 Å². The summed E-state index contributed by atoms with van der Waals surface area (Å²) in [6.45, 7) is 1.99. The Bertz CT molecular complexity index is 904. The molecule has 0 aliphatic rings. The Morgan fingerprint density at radius 2 is 2.24 bits per heavy atom. The minimum atomic E-state index is -0.423. The molecule has 0 spiro atoms.